The summed E-state index contributed by atoms with van der Waals surface area (Å²) in [5.41, 5.74) is 0. The van der Waals surface area contributed by atoms with E-state index in [1.165, 1.54) is 180 Å². The van der Waals surface area contributed by atoms with Crippen LogP contribution in [0.1, 0.15) is 264 Å². The maximum absolute atomic E-state index is 12.8. The predicted molar refractivity (Wildman–Crippen MR) is 273 cm³/mol. The quantitative estimate of drug-likeness (QED) is 0.0195. The van der Waals surface area contributed by atoms with Crippen LogP contribution in [0.2, 0.25) is 0 Å². The second-order valence-corrected chi connectivity index (χ2v) is 21.4. The Morgan fingerprint density at radius 2 is 0.785 bits per heavy atom. The number of unbranched alkanes of at least 4 members (excludes halogenated alkanes) is 33. The lowest BCUT2D eigenvalue weighted by molar-refractivity contribution is -0.870. The van der Waals surface area contributed by atoms with Crippen molar-refractivity contribution in [2.75, 3.05) is 47.5 Å². The molecule has 2 atom stereocenters. The van der Waals surface area contributed by atoms with E-state index >= 15 is 0 Å². The molecule has 0 amide bonds. The first-order valence-electron chi connectivity index (χ1n) is 27.5. The topological polar surface area (TPSA) is 111 Å². The van der Waals surface area contributed by atoms with Crippen LogP contribution in [0.25, 0.3) is 0 Å². The van der Waals surface area contributed by atoms with Crippen molar-refractivity contribution in [2.45, 2.75) is 270 Å². The Labute approximate surface area is 402 Å². The van der Waals surface area contributed by atoms with Gasteiger partial charge in [-0.3, -0.25) is 14.2 Å². The van der Waals surface area contributed by atoms with Crippen LogP contribution in [0, 0.1) is 0 Å². The summed E-state index contributed by atoms with van der Waals surface area (Å²) in [6.07, 6.45) is 55.1. The summed E-state index contributed by atoms with van der Waals surface area (Å²) in [6, 6.07) is 0. The van der Waals surface area contributed by atoms with Crippen LogP contribution >= 0.6 is 7.82 Å². The maximum atomic E-state index is 12.8. The second-order valence-electron chi connectivity index (χ2n) is 19.9. The number of phosphoric acid groups is 1. The summed E-state index contributed by atoms with van der Waals surface area (Å²) in [6.45, 7) is 4.25. The summed E-state index contributed by atoms with van der Waals surface area (Å²) in [7, 11) is 1.17. The van der Waals surface area contributed by atoms with Gasteiger partial charge in [0.1, 0.15) is 19.8 Å². The third-order valence-corrected chi connectivity index (χ3v) is 13.2. The SMILES string of the molecule is CCCCCCC/C=C\CCCCCCCC(=O)OCC(COP(=O)([O-])OCC[N+](C)(C)C)OC(=O)CCCCCCCCCCCCCCCCC/C=C\CCCCCCCCCC. The van der Waals surface area contributed by atoms with Crippen molar-refractivity contribution in [3.05, 3.63) is 24.3 Å². The number of quaternary nitrogens is 1. The van der Waals surface area contributed by atoms with Gasteiger partial charge in [-0.2, -0.15) is 0 Å². The molecule has 0 bridgehead atoms. The molecule has 0 aliphatic carbocycles. The van der Waals surface area contributed by atoms with Crippen LogP contribution in [-0.2, 0) is 32.7 Å². The number of ether oxygens (including phenoxy) is 2. The van der Waals surface area contributed by atoms with E-state index in [4.69, 9.17) is 18.5 Å². The Bertz CT molecular complexity index is 1150. The molecule has 0 fully saturated rings. The normalized spacial score (nSPS) is 13.5. The van der Waals surface area contributed by atoms with Gasteiger partial charge < -0.3 is 27.9 Å². The molecule has 0 aromatic rings. The highest BCUT2D eigenvalue weighted by atomic mass is 31.2. The van der Waals surface area contributed by atoms with E-state index in [2.05, 4.69) is 38.2 Å². The molecule has 0 aliphatic heterocycles. The van der Waals surface area contributed by atoms with E-state index in [1.54, 1.807) is 0 Å². The molecule has 0 N–H and O–H groups in total. The van der Waals surface area contributed by atoms with Gasteiger partial charge in [-0.15, -0.1) is 0 Å². The minimum absolute atomic E-state index is 0.0300. The second kappa shape index (κ2) is 47.6. The Balaban J connectivity index is 4.11. The maximum Gasteiger partial charge on any atom is 0.306 e. The molecule has 0 radical (unpaired) electrons. The molecule has 2 unspecified atom stereocenters. The van der Waals surface area contributed by atoms with Crippen LogP contribution in [-0.4, -0.2) is 70.0 Å². The van der Waals surface area contributed by atoms with E-state index in [-0.39, 0.29) is 32.0 Å². The van der Waals surface area contributed by atoms with Crippen LogP contribution in [0.15, 0.2) is 24.3 Å². The molecule has 9 nitrogen and oxygen atoms in total. The van der Waals surface area contributed by atoms with Crippen LogP contribution < -0.4 is 4.89 Å². The number of allylic oxidation sites excluding steroid dienone is 4. The van der Waals surface area contributed by atoms with E-state index in [0.29, 0.717) is 17.4 Å². The average Bonchev–Trinajstić information content (AvgIpc) is 3.26. The summed E-state index contributed by atoms with van der Waals surface area (Å²) < 4.78 is 34.1. The fourth-order valence-electron chi connectivity index (χ4n) is 7.88. The first-order valence-corrected chi connectivity index (χ1v) is 29.0. The van der Waals surface area contributed by atoms with Crippen LogP contribution in [0.3, 0.4) is 0 Å². The van der Waals surface area contributed by atoms with Crippen molar-refractivity contribution < 1.29 is 42.1 Å². The molecule has 0 rings (SSSR count). The zero-order valence-electron chi connectivity index (χ0n) is 43.5. The third-order valence-electron chi connectivity index (χ3n) is 12.2. The van der Waals surface area contributed by atoms with Gasteiger partial charge in [0.05, 0.1) is 27.7 Å². The number of likely N-dealkylation sites (N-methyl/N-ethyl adjacent to an activating group) is 1. The van der Waals surface area contributed by atoms with Gasteiger partial charge in [0, 0.05) is 12.8 Å². The number of nitrogens with zero attached hydrogens (tertiary/aromatic N) is 1. The van der Waals surface area contributed by atoms with E-state index < -0.39 is 26.5 Å². The highest BCUT2D eigenvalue weighted by Gasteiger charge is 2.21. The number of hydrogen-bond donors (Lipinski definition) is 0. The van der Waals surface area contributed by atoms with Gasteiger partial charge in [-0.05, 0) is 64.2 Å². The van der Waals surface area contributed by atoms with Gasteiger partial charge in [0.15, 0.2) is 6.10 Å². The van der Waals surface area contributed by atoms with E-state index in [1.807, 2.05) is 21.1 Å². The first kappa shape index (κ1) is 63.5. The van der Waals surface area contributed by atoms with Gasteiger partial charge in [-0.25, -0.2) is 0 Å². The van der Waals surface area contributed by atoms with E-state index in [9.17, 15) is 19.0 Å². The Morgan fingerprint density at radius 1 is 0.462 bits per heavy atom. The van der Waals surface area contributed by atoms with Gasteiger partial charge in [0.25, 0.3) is 7.82 Å². The number of carbonyl (C=O) groups excluding carboxylic acids is 2. The molecule has 0 aliphatic rings. The smallest absolute Gasteiger partial charge is 0.306 e. The van der Waals surface area contributed by atoms with E-state index in [0.717, 1.165) is 51.4 Å². The van der Waals surface area contributed by atoms with Crippen molar-refractivity contribution in [1.82, 2.24) is 0 Å². The van der Waals surface area contributed by atoms with Crippen molar-refractivity contribution in [3.8, 4) is 0 Å². The van der Waals surface area contributed by atoms with Gasteiger partial charge in [0.2, 0.25) is 0 Å². The summed E-state index contributed by atoms with van der Waals surface area (Å²) in [5, 5.41) is 0. The molecule has 10 heteroatoms. The minimum atomic E-state index is -4.63. The van der Waals surface area contributed by atoms with Crippen molar-refractivity contribution in [2.24, 2.45) is 0 Å². The lowest BCUT2D eigenvalue weighted by Crippen LogP contribution is -2.37. The fourth-order valence-corrected chi connectivity index (χ4v) is 8.61. The van der Waals surface area contributed by atoms with Crippen molar-refractivity contribution >= 4 is 19.8 Å². The molecule has 0 spiro atoms. The van der Waals surface area contributed by atoms with Gasteiger partial charge in [-0.1, -0.05) is 212 Å². The standard InChI is InChI=1S/C55H106NO8P/c1-6-8-10-12-14-16-18-20-22-23-24-25-26-27-28-29-30-31-32-33-34-36-38-40-42-44-46-48-55(58)64-53(52-63-65(59,60)62-50-49-56(3,4)5)51-61-54(57)47-45-43-41-39-37-35-21-19-17-15-13-11-9-7-2/h19,21,23-24,53H,6-18,20,22,25-52H2,1-5H3/b21-19-,24-23-. The molecule has 0 aromatic heterocycles. The molecule has 384 valence electrons. The zero-order chi connectivity index (χ0) is 47.8. The minimum Gasteiger partial charge on any atom is -0.756 e. The molecule has 0 saturated heterocycles. The van der Waals surface area contributed by atoms with Crippen LogP contribution in [0.5, 0.6) is 0 Å². The Morgan fingerprint density at radius 3 is 1.14 bits per heavy atom. The molecular formula is C55H106NO8P. The zero-order valence-corrected chi connectivity index (χ0v) is 44.3. The number of phosphoric ester groups is 1. The predicted octanol–water partition coefficient (Wildman–Crippen LogP) is 16.0. The number of rotatable bonds is 51. The average molecular weight is 940 g/mol. The van der Waals surface area contributed by atoms with Crippen molar-refractivity contribution in [3.63, 3.8) is 0 Å². The molecule has 65 heavy (non-hydrogen) atoms. The van der Waals surface area contributed by atoms with Crippen molar-refractivity contribution in [1.29, 1.82) is 0 Å². The molecule has 0 heterocycles. The monoisotopic (exact) mass is 940 g/mol. The largest absolute Gasteiger partial charge is 0.756 e. The van der Waals surface area contributed by atoms with Gasteiger partial charge >= 0.3 is 11.9 Å². The summed E-state index contributed by atoms with van der Waals surface area (Å²) in [4.78, 5) is 37.7. The number of esters is 2. The Kier molecular flexibility index (Phi) is 46.4. The number of hydrogen-bond acceptors (Lipinski definition) is 8. The molecule has 0 aromatic carbocycles. The summed E-state index contributed by atoms with van der Waals surface area (Å²) >= 11 is 0. The highest BCUT2D eigenvalue weighted by molar-refractivity contribution is 7.45. The summed E-state index contributed by atoms with van der Waals surface area (Å²) in [5.74, 6) is -0.832. The highest BCUT2D eigenvalue weighted by Crippen LogP contribution is 2.38. The first-order chi connectivity index (χ1) is 31.5. The third kappa shape index (κ3) is 51.7. The number of carbonyl (C=O) groups is 2. The Hall–Kier alpha value is -1.51. The molecular weight excluding hydrogens is 834 g/mol. The lowest BCUT2D eigenvalue weighted by Gasteiger charge is -2.28. The molecule has 0 saturated carbocycles. The van der Waals surface area contributed by atoms with Crippen LogP contribution in [0.4, 0.5) is 0 Å². The fraction of sp³-hybridized carbons (Fsp3) is 0.891. The lowest BCUT2D eigenvalue weighted by atomic mass is 10.0.